The van der Waals surface area contributed by atoms with Crippen LogP contribution in [-0.2, 0) is 6.42 Å². The highest BCUT2D eigenvalue weighted by Crippen LogP contribution is 2.36. The van der Waals surface area contributed by atoms with Crippen LogP contribution in [0.3, 0.4) is 0 Å². The summed E-state index contributed by atoms with van der Waals surface area (Å²) in [7, 11) is 0. The monoisotopic (exact) mass is 680 g/mol. The minimum Gasteiger partial charge on any atom is -0.397 e. The van der Waals surface area contributed by atoms with Crippen molar-refractivity contribution >= 4 is 89.3 Å². The van der Waals surface area contributed by atoms with Crippen molar-refractivity contribution in [3.63, 3.8) is 0 Å². The Morgan fingerprint density at radius 2 is 1.00 bits per heavy atom. The number of fused-ring (bicyclic) bond motifs is 2. The second-order valence-electron chi connectivity index (χ2n) is 10.5. The highest BCUT2D eigenvalue weighted by molar-refractivity contribution is 7.21. The number of nitriles is 4. The quantitative estimate of drug-likeness (QED) is 0.138. The number of nitrogens with one attached hydrogen (secondary N) is 2. The number of nitrogens with zero attached hydrogens (tertiary/aromatic N) is 6. The first kappa shape index (κ1) is 31.7. The number of nitrogen functional groups attached to an aromatic ring is 4. The standard InChI is InChI=1S/C33H20N12O2S2/c34-10-16-6-14(1-3-22(16)42-30(46)26-24(38)20-8-18(12-36)28(40)44-32(20)48-26)5-15-2-4-23(17(7-15)11-35)43-31(47)27-25(39)21-9-19(13-37)29(41)45-33(21)49-27/h1-4,6-9H,5,38-39H2,(H2,40,44)(H2,41,45)(H,42,46)(H,43,47). The first-order valence-electron chi connectivity index (χ1n) is 14.0. The number of pyridine rings is 2. The van der Waals surface area contributed by atoms with Crippen LogP contribution in [0.15, 0.2) is 48.5 Å². The first-order chi connectivity index (χ1) is 23.5. The van der Waals surface area contributed by atoms with Crippen LogP contribution in [-0.4, -0.2) is 21.8 Å². The van der Waals surface area contributed by atoms with Gasteiger partial charge in [0.05, 0.1) is 45.0 Å². The van der Waals surface area contributed by atoms with Crippen LogP contribution in [0.4, 0.5) is 34.4 Å². The van der Waals surface area contributed by atoms with Gasteiger partial charge in [-0.1, -0.05) is 12.1 Å². The molecule has 0 unspecified atom stereocenters. The molecule has 10 N–H and O–H groups in total. The molecule has 0 radical (unpaired) electrons. The molecule has 14 nitrogen and oxygen atoms in total. The lowest BCUT2D eigenvalue weighted by Gasteiger charge is -2.11. The van der Waals surface area contributed by atoms with Crippen molar-refractivity contribution in [1.29, 1.82) is 21.0 Å². The molecule has 2 aromatic carbocycles. The maximum absolute atomic E-state index is 13.2. The second kappa shape index (κ2) is 12.5. The van der Waals surface area contributed by atoms with Crippen LogP contribution >= 0.6 is 22.7 Å². The predicted octanol–water partition coefficient (Wildman–Crippen LogP) is 4.82. The lowest BCUT2D eigenvalue weighted by molar-refractivity contribution is 0.102. The zero-order valence-corrected chi connectivity index (χ0v) is 26.6. The third-order valence-corrected chi connectivity index (χ3v) is 9.70. The van der Waals surface area contributed by atoms with E-state index in [-0.39, 0.29) is 66.4 Å². The summed E-state index contributed by atoms with van der Waals surface area (Å²) in [5, 5.41) is 44.5. The summed E-state index contributed by atoms with van der Waals surface area (Å²) in [5.74, 6) is -1.04. The number of nitrogens with two attached hydrogens (primary N) is 4. The number of amides is 2. The van der Waals surface area contributed by atoms with E-state index in [0.29, 0.717) is 26.9 Å². The molecule has 2 amide bonds. The molecule has 49 heavy (non-hydrogen) atoms. The topological polar surface area (TPSA) is 283 Å². The van der Waals surface area contributed by atoms with Crippen LogP contribution in [0.2, 0.25) is 0 Å². The number of anilines is 6. The Morgan fingerprint density at radius 3 is 1.37 bits per heavy atom. The van der Waals surface area contributed by atoms with Crippen molar-refractivity contribution in [2.75, 3.05) is 33.6 Å². The van der Waals surface area contributed by atoms with E-state index in [2.05, 4.69) is 32.7 Å². The maximum atomic E-state index is 13.2. The molecule has 6 aromatic rings. The number of aromatic nitrogens is 2. The predicted molar refractivity (Wildman–Crippen MR) is 187 cm³/mol. The van der Waals surface area contributed by atoms with Gasteiger partial charge in [0.25, 0.3) is 11.8 Å². The minimum atomic E-state index is -0.553. The number of hydrogen-bond acceptors (Lipinski definition) is 14. The van der Waals surface area contributed by atoms with Crippen molar-refractivity contribution in [1.82, 2.24) is 9.97 Å². The molecular formula is C33H20N12O2S2. The van der Waals surface area contributed by atoms with Crippen LogP contribution in [0.1, 0.15) is 52.7 Å². The van der Waals surface area contributed by atoms with Gasteiger partial charge in [-0.3, -0.25) is 9.59 Å². The van der Waals surface area contributed by atoms with Crippen molar-refractivity contribution in [3.8, 4) is 24.3 Å². The normalized spacial score (nSPS) is 10.5. The molecule has 0 atom stereocenters. The fraction of sp³-hybridized carbons (Fsp3) is 0.0303. The summed E-state index contributed by atoms with van der Waals surface area (Å²) in [6.07, 6.45) is 0.334. The molecule has 0 spiro atoms. The Hall–Kier alpha value is -7.24. The molecule has 0 aliphatic rings. The summed E-state index contributed by atoms with van der Waals surface area (Å²) >= 11 is 2.03. The van der Waals surface area contributed by atoms with Gasteiger partial charge in [0.1, 0.15) is 55.3 Å². The van der Waals surface area contributed by atoms with Gasteiger partial charge in [-0.15, -0.1) is 22.7 Å². The molecule has 6 rings (SSSR count). The van der Waals surface area contributed by atoms with Crippen LogP contribution in [0, 0.1) is 45.3 Å². The van der Waals surface area contributed by atoms with E-state index in [9.17, 15) is 30.6 Å². The third-order valence-electron chi connectivity index (χ3n) is 7.47. The molecule has 236 valence electrons. The van der Waals surface area contributed by atoms with Crippen LogP contribution in [0.25, 0.3) is 20.4 Å². The average molecular weight is 681 g/mol. The highest BCUT2D eigenvalue weighted by atomic mass is 32.1. The molecular weight excluding hydrogens is 661 g/mol. The number of carbonyl (C=O) groups excluding carboxylic acids is 2. The zero-order valence-electron chi connectivity index (χ0n) is 25.0. The van der Waals surface area contributed by atoms with Crippen molar-refractivity contribution in [2.24, 2.45) is 0 Å². The summed E-state index contributed by atoms with van der Waals surface area (Å²) in [6.45, 7) is 0. The van der Waals surface area contributed by atoms with E-state index in [4.69, 9.17) is 22.9 Å². The summed E-state index contributed by atoms with van der Waals surface area (Å²) in [5.41, 5.74) is 27.0. The molecule has 0 aliphatic carbocycles. The van der Waals surface area contributed by atoms with Gasteiger partial charge >= 0.3 is 0 Å². The Balaban J connectivity index is 1.19. The van der Waals surface area contributed by atoms with Gasteiger partial charge in [-0.2, -0.15) is 21.0 Å². The first-order valence-corrected chi connectivity index (χ1v) is 15.6. The smallest absolute Gasteiger partial charge is 0.267 e. The maximum Gasteiger partial charge on any atom is 0.267 e. The lowest BCUT2D eigenvalue weighted by atomic mass is 10.00. The van der Waals surface area contributed by atoms with Gasteiger partial charge in [-0.05, 0) is 53.9 Å². The minimum absolute atomic E-state index is 0.0323. The van der Waals surface area contributed by atoms with Gasteiger partial charge in [0.15, 0.2) is 0 Å². The summed E-state index contributed by atoms with van der Waals surface area (Å²) in [6, 6.07) is 20.9. The number of thiophene rings is 2. The van der Waals surface area contributed by atoms with E-state index in [1.165, 1.54) is 12.1 Å². The molecule has 4 aromatic heterocycles. The van der Waals surface area contributed by atoms with Gasteiger partial charge in [0.2, 0.25) is 0 Å². The third kappa shape index (κ3) is 5.80. The number of hydrogen-bond donors (Lipinski definition) is 6. The molecule has 16 heteroatoms. The number of rotatable bonds is 6. The summed E-state index contributed by atoms with van der Waals surface area (Å²) < 4.78 is 0. The lowest BCUT2D eigenvalue weighted by Crippen LogP contribution is -2.13. The highest BCUT2D eigenvalue weighted by Gasteiger charge is 2.22. The van der Waals surface area contributed by atoms with E-state index < -0.39 is 11.8 Å². The molecule has 0 aliphatic heterocycles. The van der Waals surface area contributed by atoms with Crippen molar-refractivity contribution in [3.05, 3.63) is 91.7 Å². The largest absolute Gasteiger partial charge is 0.397 e. The van der Waals surface area contributed by atoms with E-state index in [1.807, 2.05) is 12.1 Å². The average Bonchev–Trinajstić information content (AvgIpc) is 3.59. The van der Waals surface area contributed by atoms with Crippen LogP contribution in [0.5, 0.6) is 0 Å². The number of carbonyl (C=O) groups is 2. The van der Waals surface area contributed by atoms with E-state index in [0.717, 1.165) is 33.8 Å². The molecule has 4 heterocycles. The zero-order chi connectivity index (χ0) is 35.0. The molecule has 0 bridgehead atoms. The van der Waals surface area contributed by atoms with Gasteiger partial charge in [-0.25, -0.2) is 9.97 Å². The Kier molecular flexibility index (Phi) is 8.10. The van der Waals surface area contributed by atoms with Crippen molar-refractivity contribution in [2.45, 2.75) is 6.42 Å². The molecule has 0 saturated carbocycles. The second-order valence-corrected chi connectivity index (χ2v) is 12.5. The van der Waals surface area contributed by atoms with Gasteiger partial charge < -0.3 is 33.6 Å². The Morgan fingerprint density at radius 1 is 0.612 bits per heavy atom. The SMILES string of the molecule is N#Cc1cc(Cc2ccc(NC(=O)c3sc4nc(N)c(C#N)cc4c3N)c(C#N)c2)ccc1NC(=O)c1sc2nc(N)c(C#N)cc2c1N. The van der Waals surface area contributed by atoms with Crippen molar-refractivity contribution < 1.29 is 9.59 Å². The van der Waals surface area contributed by atoms with Crippen LogP contribution < -0.4 is 33.6 Å². The van der Waals surface area contributed by atoms with E-state index in [1.54, 1.807) is 36.4 Å². The number of benzene rings is 2. The fourth-order valence-electron chi connectivity index (χ4n) is 5.03. The van der Waals surface area contributed by atoms with E-state index >= 15 is 0 Å². The van der Waals surface area contributed by atoms with Gasteiger partial charge in [0, 0.05) is 10.8 Å². The Bertz CT molecular complexity index is 2400. The molecule has 0 saturated heterocycles. The Labute approximate surface area is 285 Å². The fourth-order valence-corrected chi connectivity index (χ4v) is 6.98. The summed E-state index contributed by atoms with van der Waals surface area (Å²) in [4.78, 5) is 35.8. The molecule has 0 fully saturated rings.